The number of anilines is 1. The van der Waals surface area contributed by atoms with Gasteiger partial charge in [-0.2, -0.15) is 0 Å². The second-order valence-corrected chi connectivity index (χ2v) is 7.83. The van der Waals surface area contributed by atoms with Crippen LogP contribution in [0.15, 0.2) is 50.9 Å². The molecular formula is C19H13Br2ClN2O4. The molecule has 2 aromatic carbocycles. The van der Waals surface area contributed by atoms with Crippen molar-refractivity contribution in [3.8, 4) is 5.75 Å². The van der Waals surface area contributed by atoms with Gasteiger partial charge >= 0.3 is 6.03 Å². The fourth-order valence-electron chi connectivity index (χ4n) is 2.65. The number of imide groups is 2. The van der Waals surface area contributed by atoms with E-state index in [4.69, 9.17) is 16.3 Å². The molecule has 2 aromatic rings. The number of benzene rings is 2. The number of hydrogen-bond donors (Lipinski definition) is 1. The third-order valence-electron chi connectivity index (χ3n) is 3.82. The van der Waals surface area contributed by atoms with Gasteiger partial charge in [0, 0.05) is 10.0 Å². The van der Waals surface area contributed by atoms with E-state index in [0.29, 0.717) is 22.4 Å². The topological polar surface area (TPSA) is 75.7 Å². The van der Waals surface area contributed by atoms with E-state index in [9.17, 15) is 14.4 Å². The van der Waals surface area contributed by atoms with Crippen LogP contribution in [-0.2, 0) is 9.59 Å². The van der Waals surface area contributed by atoms with Crippen molar-refractivity contribution < 1.29 is 19.1 Å². The smallest absolute Gasteiger partial charge is 0.335 e. The molecule has 1 aliphatic heterocycles. The summed E-state index contributed by atoms with van der Waals surface area (Å²) in [5, 5.41) is 2.38. The summed E-state index contributed by atoms with van der Waals surface area (Å²) in [6, 6.07) is 9.02. The van der Waals surface area contributed by atoms with E-state index in [1.54, 1.807) is 30.3 Å². The summed E-state index contributed by atoms with van der Waals surface area (Å²) in [5.41, 5.74) is 0.464. The zero-order chi connectivity index (χ0) is 20.4. The first kappa shape index (κ1) is 20.6. The lowest BCUT2D eigenvalue weighted by atomic mass is 10.1. The number of hydrogen-bond acceptors (Lipinski definition) is 4. The third kappa shape index (κ3) is 3.99. The van der Waals surface area contributed by atoms with E-state index in [2.05, 4.69) is 37.2 Å². The monoisotopic (exact) mass is 526 g/mol. The zero-order valence-corrected chi connectivity index (χ0v) is 18.4. The molecule has 0 saturated carbocycles. The van der Waals surface area contributed by atoms with Crippen LogP contribution < -0.4 is 15.0 Å². The Morgan fingerprint density at radius 2 is 1.89 bits per heavy atom. The molecule has 0 aliphatic carbocycles. The number of nitrogens with one attached hydrogen (secondary N) is 1. The molecule has 1 heterocycles. The Kier molecular flexibility index (Phi) is 6.22. The van der Waals surface area contributed by atoms with E-state index in [0.717, 1.165) is 9.37 Å². The molecule has 0 unspecified atom stereocenters. The van der Waals surface area contributed by atoms with Gasteiger partial charge in [0.1, 0.15) is 11.3 Å². The van der Waals surface area contributed by atoms with Crippen LogP contribution in [0.2, 0.25) is 5.02 Å². The van der Waals surface area contributed by atoms with E-state index in [1.807, 2.05) is 6.92 Å². The van der Waals surface area contributed by atoms with Crippen molar-refractivity contribution in [2.75, 3.05) is 11.5 Å². The van der Waals surface area contributed by atoms with Crippen LogP contribution in [0.4, 0.5) is 10.5 Å². The maximum absolute atomic E-state index is 13.0. The predicted octanol–water partition coefficient (Wildman–Crippen LogP) is 4.93. The van der Waals surface area contributed by atoms with E-state index in [-0.39, 0.29) is 16.3 Å². The summed E-state index contributed by atoms with van der Waals surface area (Å²) < 4.78 is 7.00. The van der Waals surface area contributed by atoms with Gasteiger partial charge in [-0.1, -0.05) is 39.7 Å². The number of amides is 4. The number of carbonyl (C=O) groups is 3. The summed E-state index contributed by atoms with van der Waals surface area (Å²) >= 11 is 12.9. The van der Waals surface area contributed by atoms with Gasteiger partial charge in [0.2, 0.25) is 0 Å². The Labute approximate surface area is 182 Å². The highest BCUT2D eigenvalue weighted by Gasteiger charge is 2.37. The molecule has 0 spiro atoms. The highest BCUT2D eigenvalue weighted by atomic mass is 79.9. The largest absolute Gasteiger partial charge is 0.492 e. The van der Waals surface area contributed by atoms with Crippen molar-refractivity contribution in [2.24, 2.45) is 0 Å². The second-order valence-electron chi connectivity index (χ2n) is 5.65. The number of rotatable bonds is 4. The van der Waals surface area contributed by atoms with Crippen LogP contribution in [0.1, 0.15) is 12.5 Å². The molecule has 1 N–H and O–H groups in total. The summed E-state index contributed by atoms with van der Waals surface area (Å²) in [5.74, 6) is -1.10. The first-order valence-corrected chi connectivity index (χ1v) is 10.1. The number of nitrogens with zero attached hydrogens (tertiary/aromatic N) is 1. The van der Waals surface area contributed by atoms with Crippen molar-refractivity contribution in [1.82, 2.24) is 5.32 Å². The highest BCUT2D eigenvalue weighted by Crippen LogP contribution is 2.35. The van der Waals surface area contributed by atoms with Gasteiger partial charge < -0.3 is 4.74 Å². The van der Waals surface area contributed by atoms with E-state index < -0.39 is 17.8 Å². The first-order chi connectivity index (χ1) is 13.3. The second kappa shape index (κ2) is 8.46. The normalized spacial score (nSPS) is 15.8. The van der Waals surface area contributed by atoms with Gasteiger partial charge in [0.25, 0.3) is 11.8 Å². The Balaban J connectivity index is 2.11. The average Bonchev–Trinajstić information content (AvgIpc) is 2.62. The number of halogens is 3. The molecule has 4 amide bonds. The van der Waals surface area contributed by atoms with E-state index >= 15 is 0 Å². The van der Waals surface area contributed by atoms with Gasteiger partial charge in [0.15, 0.2) is 0 Å². The van der Waals surface area contributed by atoms with Crippen molar-refractivity contribution in [1.29, 1.82) is 0 Å². The van der Waals surface area contributed by atoms with Crippen LogP contribution >= 0.6 is 43.5 Å². The van der Waals surface area contributed by atoms with Crippen LogP contribution in [0.25, 0.3) is 6.08 Å². The number of barbiturate groups is 1. The lowest BCUT2D eigenvalue weighted by molar-refractivity contribution is -0.122. The predicted molar refractivity (Wildman–Crippen MR) is 113 cm³/mol. The van der Waals surface area contributed by atoms with Crippen molar-refractivity contribution >= 4 is 73.1 Å². The van der Waals surface area contributed by atoms with Crippen molar-refractivity contribution in [2.45, 2.75) is 6.92 Å². The molecule has 1 fully saturated rings. The fourth-order valence-corrected chi connectivity index (χ4v) is 4.24. The van der Waals surface area contributed by atoms with Gasteiger partial charge in [-0.05, 0) is 53.2 Å². The molecule has 9 heteroatoms. The lowest BCUT2D eigenvalue weighted by Gasteiger charge is -2.27. The first-order valence-electron chi connectivity index (χ1n) is 8.11. The minimum atomic E-state index is -0.860. The minimum absolute atomic E-state index is 0.186. The van der Waals surface area contributed by atoms with Crippen LogP contribution in [0.5, 0.6) is 5.75 Å². The molecule has 0 radical (unpaired) electrons. The zero-order valence-electron chi connectivity index (χ0n) is 14.5. The van der Waals surface area contributed by atoms with Crippen LogP contribution in [0.3, 0.4) is 0 Å². The number of carbonyl (C=O) groups excluding carboxylic acids is 3. The van der Waals surface area contributed by atoms with Gasteiger partial charge in [-0.15, -0.1) is 0 Å². The molecule has 28 heavy (non-hydrogen) atoms. The fraction of sp³-hybridized carbons (Fsp3) is 0.105. The summed E-state index contributed by atoms with van der Waals surface area (Å²) in [4.78, 5) is 38.5. The summed E-state index contributed by atoms with van der Waals surface area (Å²) in [6.07, 6.45) is 1.38. The van der Waals surface area contributed by atoms with Gasteiger partial charge in [0.05, 0.1) is 21.8 Å². The molecule has 0 atom stereocenters. The molecule has 144 valence electrons. The maximum Gasteiger partial charge on any atom is 0.335 e. The standard InChI is InChI=1S/C19H13Br2ClN2O4/c1-2-28-16-10(7-11(20)9-13(16)21)8-12-17(25)23-19(27)24(18(12)26)15-6-4-3-5-14(15)22/h3-9H,2H2,1H3,(H,23,25,27)/b12-8+. The quantitative estimate of drug-likeness (QED) is 0.451. The molecule has 0 bridgehead atoms. The van der Waals surface area contributed by atoms with Crippen molar-refractivity contribution in [3.05, 3.63) is 61.5 Å². The van der Waals surface area contributed by atoms with Crippen molar-refractivity contribution in [3.63, 3.8) is 0 Å². The lowest BCUT2D eigenvalue weighted by Crippen LogP contribution is -2.54. The SMILES string of the molecule is CCOc1c(Br)cc(Br)cc1/C=C1\C(=O)NC(=O)N(c2ccccc2Cl)C1=O. The molecular weight excluding hydrogens is 515 g/mol. The summed E-state index contributed by atoms with van der Waals surface area (Å²) in [6.45, 7) is 2.21. The maximum atomic E-state index is 13.0. The minimum Gasteiger partial charge on any atom is -0.492 e. The molecule has 6 nitrogen and oxygen atoms in total. The number of urea groups is 1. The summed E-state index contributed by atoms with van der Waals surface area (Å²) in [7, 11) is 0. The average molecular weight is 529 g/mol. The molecule has 3 rings (SSSR count). The number of ether oxygens (including phenoxy) is 1. The molecule has 0 aromatic heterocycles. The Morgan fingerprint density at radius 3 is 2.57 bits per heavy atom. The molecule has 1 saturated heterocycles. The highest BCUT2D eigenvalue weighted by molar-refractivity contribution is 9.11. The number of para-hydroxylation sites is 1. The van der Waals surface area contributed by atoms with Crippen LogP contribution in [-0.4, -0.2) is 24.5 Å². The Morgan fingerprint density at radius 1 is 1.18 bits per heavy atom. The molecule has 1 aliphatic rings. The van der Waals surface area contributed by atoms with Crippen LogP contribution in [0, 0.1) is 0 Å². The third-order valence-corrected chi connectivity index (χ3v) is 5.19. The Bertz CT molecular complexity index is 1020. The van der Waals surface area contributed by atoms with Gasteiger partial charge in [-0.3, -0.25) is 14.9 Å². The van der Waals surface area contributed by atoms with E-state index in [1.165, 1.54) is 12.1 Å². The Hall–Kier alpha value is -2.16. The van der Waals surface area contributed by atoms with Gasteiger partial charge in [-0.25, -0.2) is 9.69 Å².